The van der Waals surface area contributed by atoms with E-state index >= 15 is 8.78 Å². The number of fused-ring (bicyclic) bond motifs is 4. The van der Waals surface area contributed by atoms with Gasteiger partial charge < -0.3 is 24.6 Å². The molecule has 1 saturated carbocycles. The first kappa shape index (κ1) is 43.2. The molecule has 0 spiro atoms. The average molecular weight is 915 g/mol. The Balaban J connectivity index is 0.771. The lowest BCUT2D eigenvalue weighted by molar-refractivity contribution is -0.136. The van der Waals surface area contributed by atoms with Crippen LogP contribution in [0.3, 0.4) is 0 Å². The van der Waals surface area contributed by atoms with E-state index in [2.05, 4.69) is 30.0 Å². The van der Waals surface area contributed by atoms with Crippen molar-refractivity contribution in [2.24, 2.45) is 13.0 Å². The van der Waals surface area contributed by atoms with Gasteiger partial charge in [-0.2, -0.15) is 5.10 Å². The van der Waals surface area contributed by atoms with E-state index in [1.54, 1.807) is 25.1 Å². The van der Waals surface area contributed by atoms with Crippen LogP contribution < -0.4 is 20.4 Å². The molecule has 8 heterocycles. The quantitative estimate of drug-likeness (QED) is 0.207. The Morgan fingerprint density at radius 3 is 2.40 bits per heavy atom. The monoisotopic (exact) mass is 914 g/mol. The van der Waals surface area contributed by atoms with E-state index < -0.39 is 36.1 Å². The number of carbonyl (C=O) groups excluding carboxylic acids is 5. The van der Waals surface area contributed by atoms with E-state index in [1.807, 2.05) is 47.1 Å². The molecule has 2 aromatic heterocycles. The highest BCUT2D eigenvalue weighted by Gasteiger charge is 2.45. The summed E-state index contributed by atoms with van der Waals surface area (Å²) in [5.74, 6) is -0.687. The van der Waals surface area contributed by atoms with Crippen molar-refractivity contribution in [1.29, 1.82) is 0 Å². The first-order chi connectivity index (χ1) is 32.4. The summed E-state index contributed by atoms with van der Waals surface area (Å²) in [5, 5.41) is 10.9. The fourth-order valence-electron chi connectivity index (χ4n) is 11.9. The second kappa shape index (κ2) is 17.1. The number of aromatic nitrogens is 3. The summed E-state index contributed by atoms with van der Waals surface area (Å²) in [4.78, 5) is 73.5. The first-order valence-electron chi connectivity index (χ1n) is 23.9. The topological polar surface area (TPSA) is 148 Å². The Labute approximate surface area is 387 Å². The number of piperazine rings is 1. The summed E-state index contributed by atoms with van der Waals surface area (Å²) in [6.07, 6.45) is 9.79. The maximum atomic E-state index is 15.2. The lowest BCUT2D eigenvalue weighted by atomic mass is 9.85. The number of alkyl halides is 2. The number of benzene rings is 2. The number of nitrogens with one attached hydrogen (secondary N) is 2. The number of anilines is 3. The number of carbonyl (C=O) groups is 5. The zero-order chi connectivity index (χ0) is 46.2. The highest BCUT2D eigenvalue weighted by atomic mass is 19.3. The summed E-state index contributed by atoms with van der Waals surface area (Å²) in [6.45, 7) is 8.18. The molecule has 0 radical (unpaired) electrons. The smallest absolute Gasteiger partial charge is 0.264 e. The molecule has 67 heavy (non-hydrogen) atoms. The number of hydrogen-bond acceptors (Lipinski definition) is 10. The highest BCUT2D eigenvalue weighted by Crippen LogP contribution is 2.46. The molecule has 4 aromatic rings. The molecule has 0 bridgehead atoms. The third kappa shape index (κ3) is 7.58. The van der Waals surface area contributed by atoms with Crippen LogP contribution in [0, 0.1) is 5.92 Å². The third-order valence-electron chi connectivity index (χ3n) is 15.5. The van der Waals surface area contributed by atoms with E-state index in [9.17, 15) is 24.0 Å². The largest absolute Gasteiger partial charge is 0.387 e. The number of halogens is 2. The fourth-order valence-corrected chi connectivity index (χ4v) is 11.9. The minimum atomic E-state index is -2.67. The molecule has 15 nitrogen and oxygen atoms in total. The van der Waals surface area contributed by atoms with Gasteiger partial charge in [0, 0.05) is 130 Å². The Kier molecular flexibility index (Phi) is 11.0. The normalized spacial score (nSPS) is 23.0. The molecule has 1 atom stereocenters. The van der Waals surface area contributed by atoms with Crippen LogP contribution in [0.15, 0.2) is 42.7 Å². The number of amides is 5. The van der Waals surface area contributed by atoms with Crippen molar-refractivity contribution in [3.05, 3.63) is 87.5 Å². The van der Waals surface area contributed by atoms with Crippen molar-refractivity contribution in [1.82, 2.24) is 39.7 Å². The molecular weight excluding hydrogens is 859 g/mol. The molecule has 17 heteroatoms. The van der Waals surface area contributed by atoms with Crippen LogP contribution >= 0.6 is 0 Å². The van der Waals surface area contributed by atoms with Crippen LogP contribution in [0.4, 0.5) is 26.0 Å². The van der Waals surface area contributed by atoms with Crippen molar-refractivity contribution in [2.75, 3.05) is 55.6 Å². The SMILES string of the molecule is CC(=O)N1CCc2c(c(N3CCCc4cc(-c5cn(C)c6c5CNC=C6)c(C(F)F)cc43)nn2C2CCC(CN3CCN(c4ccc5c(c4)C(=O)N(C4CCC(=O)NC4=O)C5=O)CC3)CC2)C1. The van der Waals surface area contributed by atoms with E-state index in [0.717, 1.165) is 127 Å². The van der Waals surface area contributed by atoms with Gasteiger partial charge in [-0.3, -0.25) is 43.8 Å². The maximum absolute atomic E-state index is 15.2. The summed E-state index contributed by atoms with van der Waals surface area (Å²) >= 11 is 0. The Bertz CT molecular complexity index is 2740. The first-order valence-corrected chi connectivity index (χ1v) is 23.9. The molecule has 5 amide bonds. The van der Waals surface area contributed by atoms with Gasteiger partial charge in [0.15, 0.2) is 5.82 Å². The second-order valence-electron chi connectivity index (χ2n) is 19.4. The van der Waals surface area contributed by atoms with Gasteiger partial charge in [0.05, 0.1) is 23.7 Å². The molecule has 11 rings (SSSR count). The Morgan fingerprint density at radius 2 is 1.64 bits per heavy atom. The van der Waals surface area contributed by atoms with Crippen LogP contribution in [-0.2, 0) is 47.4 Å². The zero-order valence-electron chi connectivity index (χ0n) is 38.0. The van der Waals surface area contributed by atoms with E-state index in [4.69, 9.17) is 5.10 Å². The molecular formula is C50H56F2N10O5. The number of hydrogen-bond donors (Lipinski definition) is 2. The molecule has 6 aliphatic heterocycles. The number of piperidine rings is 1. The molecule has 3 fully saturated rings. The second-order valence-corrected chi connectivity index (χ2v) is 19.4. The fraction of sp³-hybridized carbons (Fsp3) is 0.480. The van der Waals surface area contributed by atoms with Gasteiger partial charge in [-0.25, -0.2) is 8.78 Å². The van der Waals surface area contributed by atoms with Crippen LogP contribution in [0.25, 0.3) is 17.2 Å². The van der Waals surface area contributed by atoms with Crippen molar-refractivity contribution in [3.8, 4) is 11.1 Å². The van der Waals surface area contributed by atoms with Gasteiger partial charge in [0.25, 0.3) is 18.2 Å². The predicted molar refractivity (Wildman–Crippen MR) is 247 cm³/mol. The lowest BCUT2D eigenvalue weighted by Gasteiger charge is -2.39. The summed E-state index contributed by atoms with van der Waals surface area (Å²) in [6, 6.07) is 8.22. The molecule has 1 unspecified atom stereocenters. The number of imide groups is 2. The van der Waals surface area contributed by atoms with Gasteiger partial charge in [-0.1, -0.05) is 0 Å². The molecule has 350 valence electrons. The van der Waals surface area contributed by atoms with Gasteiger partial charge in [-0.05, 0) is 105 Å². The number of rotatable bonds is 8. The molecule has 1 aliphatic carbocycles. The van der Waals surface area contributed by atoms with Crippen molar-refractivity contribution >= 4 is 52.8 Å². The number of nitrogens with zero attached hydrogens (tertiary/aromatic N) is 8. The van der Waals surface area contributed by atoms with Gasteiger partial charge in [-0.15, -0.1) is 0 Å². The van der Waals surface area contributed by atoms with Gasteiger partial charge >= 0.3 is 0 Å². The lowest BCUT2D eigenvalue weighted by Crippen LogP contribution is -2.54. The van der Waals surface area contributed by atoms with E-state index in [0.29, 0.717) is 49.6 Å². The Hall–Kier alpha value is -6.36. The van der Waals surface area contributed by atoms with Crippen LogP contribution in [0.2, 0.25) is 0 Å². The summed E-state index contributed by atoms with van der Waals surface area (Å²) < 4.78 is 34.6. The maximum Gasteiger partial charge on any atom is 0.264 e. The summed E-state index contributed by atoms with van der Waals surface area (Å²) in [5.41, 5.74) is 8.90. The van der Waals surface area contributed by atoms with E-state index in [1.165, 1.54) is 0 Å². The molecule has 7 aliphatic rings. The van der Waals surface area contributed by atoms with Gasteiger partial charge in [0.2, 0.25) is 17.7 Å². The minimum absolute atomic E-state index is 0.0159. The predicted octanol–water partition coefficient (Wildman–Crippen LogP) is 5.84. The van der Waals surface area contributed by atoms with Crippen molar-refractivity contribution in [2.45, 2.75) is 96.3 Å². The standard InChI is InChI=1S/C50H56F2N10O5/c1-29(63)59-17-14-42-40(28-59)47(60-16-3-4-31-22-35(36(46(51)52)24-44(31)60)39-27-56(2)41-13-15-53-25-38(39)41)55-62(42)32-7-5-30(6-8-32)26-57-18-20-58(21-19-57)33-9-10-34-37(23-33)50(67)61(49(34)66)43-11-12-45(64)54-48(43)65/h9-10,13,15,22-24,27,30,32,43,46,53H,3-8,11-12,14,16-21,25-26,28H2,1-2H3,(H,54,64,65). The van der Waals surface area contributed by atoms with E-state index in [-0.39, 0.29) is 35.9 Å². The van der Waals surface area contributed by atoms with Crippen LogP contribution in [0.5, 0.6) is 0 Å². The number of aryl methyl sites for hydroxylation is 2. The average Bonchev–Trinajstić information content (AvgIpc) is 3.96. The van der Waals surface area contributed by atoms with Crippen molar-refractivity contribution < 1.29 is 32.8 Å². The third-order valence-corrected chi connectivity index (χ3v) is 15.5. The van der Waals surface area contributed by atoms with Gasteiger partial charge in [0.1, 0.15) is 6.04 Å². The highest BCUT2D eigenvalue weighted by molar-refractivity contribution is 6.23. The minimum Gasteiger partial charge on any atom is -0.387 e. The molecule has 2 saturated heterocycles. The summed E-state index contributed by atoms with van der Waals surface area (Å²) in [7, 11) is 1.96. The molecule has 2 aromatic carbocycles. The molecule has 2 N–H and O–H groups in total. The van der Waals surface area contributed by atoms with Crippen LogP contribution in [0.1, 0.15) is 119 Å². The Morgan fingerprint density at radius 1 is 0.851 bits per heavy atom. The zero-order valence-corrected chi connectivity index (χ0v) is 38.0. The van der Waals surface area contributed by atoms with Crippen molar-refractivity contribution in [3.63, 3.8) is 0 Å². The van der Waals surface area contributed by atoms with Crippen LogP contribution in [-0.4, -0.2) is 110 Å².